The monoisotopic (exact) mass is 1000 g/mol. The molecule has 20 heteroatoms. The molecule has 2 fully saturated rings. The number of aromatic nitrogens is 1. The van der Waals surface area contributed by atoms with Crippen LogP contribution in [0.2, 0.25) is 0 Å². The number of urea groups is 1. The summed E-state index contributed by atoms with van der Waals surface area (Å²) in [5.74, 6) is -1.55. The number of benzene rings is 3. The van der Waals surface area contributed by atoms with Gasteiger partial charge in [-0.25, -0.2) is 14.7 Å². The van der Waals surface area contributed by atoms with E-state index in [2.05, 4.69) is 15.6 Å². The van der Waals surface area contributed by atoms with Gasteiger partial charge in [-0.1, -0.05) is 45.0 Å². The number of nitriles is 1. The highest BCUT2D eigenvalue weighted by Gasteiger charge is 2.53. The Morgan fingerprint density at radius 3 is 2.24 bits per heavy atom. The molecule has 3 atom stereocenters. The van der Waals surface area contributed by atoms with Gasteiger partial charge in [-0.3, -0.25) is 24.1 Å². The summed E-state index contributed by atoms with van der Waals surface area (Å²) >= 11 is 1.56. The van der Waals surface area contributed by atoms with Crippen LogP contribution in [0.3, 0.4) is 0 Å². The summed E-state index contributed by atoms with van der Waals surface area (Å²) in [5.41, 5.74) is 0.697. The van der Waals surface area contributed by atoms with Crippen LogP contribution in [0.4, 0.5) is 29.3 Å². The third-order valence-electron chi connectivity index (χ3n) is 12.2. The average molecular weight is 1000 g/mol. The number of aryl methyl sites for hydroxylation is 1. The van der Waals surface area contributed by atoms with Crippen molar-refractivity contribution < 1.29 is 56.5 Å². The maximum atomic E-state index is 13.9. The lowest BCUT2D eigenvalue weighted by molar-refractivity contribution is -0.144. The Bertz CT molecular complexity index is 2580. The maximum Gasteiger partial charge on any atom is 0.417 e. The van der Waals surface area contributed by atoms with Crippen LogP contribution in [0.1, 0.15) is 89.1 Å². The second-order valence-corrected chi connectivity index (χ2v) is 19.9. The van der Waals surface area contributed by atoms with Gasteiger partial charge in [0.15, 0.2) is 0 Å². The molecule has 4 aromatic rings. The van der Waals surface area contributed by atoms with E-state index < -0.39 is 70.2 Å². The second kappa shape index (κ2) is 23.2. The Balaban J connectivity index is 0.851. The first-order chi connectivity index (χ1) is 33.6. The molecule has 0 bridgehead atoms. The van der Waals surface area contributed by atoms with Crippen molar-refractivity contribution in [1.29, 1.82) is 5.26 Å². The molecule has 71 heavy (non-hydrogen) atoms. The minimum absolute atomic E-state index is 0.0354. The second-order valence-electron chi connectivity index (χ2n) is 19.0. The van der Waals surface area contributed by atoms with E-state index in [0.29, 0.717) is 48.6 Å². The van der Waals surface area contributed by atoms with Gasteiger partial charge in [0.05, 0.1) is 51.7 Å². The number of aliphatic hydroxyl groups excluding tert-OH is 1. The molecule has 3 aromatic carbocycles. The number of anilines is 2. The van der Waals surface area contributed by atoms with Crippen molar-refractivity contribution >= 4 is 52.4 Å². The van der Waals surface area contributed by atoms with Gasteiger partial charge in [-0.05, 0) is 105 Å². The summed E-state index contributed by atoms with van der Waals surface area (Å²) in [6.45, 7) is 11.9. The molecule has 380 valence electrons. The molecule has 2 aliphatic heterocycles. The third kappa shape index (κ3) is 13.3. The molecule has 6 amide bonds. The number of carbonyl (C=O) groups excluding carboxylic acids is 5. The van der Waals surface area contributed by atoms with Gasteiger partial charge in [-0.15, -0.1) is 11.3 Å². The first-order valence-corrected chi connectivity index (χ1v) is 24.2. The summed E-state index contributed by atoms with van der Waals surface area (Å²) in [6, 6.07) is 15.7. The molecule has 6 rings (SSSR count). The number of hydrogen-bond acceptors (Lipinski definition) is 12. The number of carbonyl (C=O) groups is 5. The molecule has 3 N–H and O–H groups in total. The van der Waals surface area contributed by atoms with Crippen LogP contribution in [0.5, 0.6) is 5.75 Å². The van der Waals surface area contributed by atoms with Crippen LogP contribution in [-0.4, -0.2) is 108 Å². The van der Waals surface area contributed by atoms with E-state index in [1.165, 1.54) is 29.7 Å². The number of imide groups is 1. The summed E-state index contributed by atoms with van der Waals surface area (Å²) in [7, 11) is 0. The number of β-amino-alcohol motifs (C(OH)–C–C–N with tert-alkyl or cyclic N) is 1. The standard InChI is InChI=1S/C51H60F3N7O9S/c1-32-43(71-31-57-32)34-13-11-33(12-14-34)28-56-45(64)41-26-38(62)29-59(41)46(65)44(49(2,3)4)58-42(63)30-69-23-10-22-68-21-8-7-9-24-70-39-19-17-36(18-20-39)61-48(67)60(47(66)50(61,5)6)37-16-15-35(27-55)40(25-37)51(52,53)54/h11-20,25,31,38,41,44,62H,7-10,21-24,26,28-30H2,1-6H3,(H,56,64)(H,58,63). The van der Waals surface area contributed by atoms with Crippen molar-refractivity contribution in [3.8, 4) is 22.3 Å². The van der Waals surface area contributed by atoms with E-state index in [4.69, 9.17) is 19.5 Å². The van der Waals surface area contributed by atoms with Gasteiger partial charge in [0.25, 0.3) is 5.91 Å². The van der Waals surface area contributed by atoms with Gasteiger partial charge in [0, 0.05) is 45.0 Å². The van der Waals surface area contributed by atoms with Crippen molar-refractivity contribution in [2.24, 2.45) is 5.41 Å². The van der Waals surface area contributed by atoms with Crippen molar-refractivity contribution in [2.45, 2.75) is 110 Å². The molecule has 2 aliphatic rings. The molecule has 3 unspecified atom stereocenters. The highest BCUT2D eigenvalue weighted by molar-refractivity contribution is 7.13. The number of amides is 6. The smallest absolute Gasteiger partial charge is 0.417 e. The van der Waals surface area contributed by atoms with Crippen LogP contribution in [-0.2, 0) is 41.4 Å². The number of nitrogens with one attached hydrogen (secondary N) is 2. The first-order valence-electron chi connectivity index (χ1n) is 23.3. The Hall–Kier alpha value is -6.40. The molecule has 0 spiro atoms. The Kier molecular flexibility index (Phi) is 17.6. The summed E-state index contributed by atoms with van der Waals surface area (Å²) in [4.78, 5) is 75.9. The minimum Gasteiger partial charge on any atom is -0.494 e. The van der Waals surface area contributed by atoms with Gasteiger partial charge in [0.1, 0.15) is 30.0 Å². The van der Waals surface area contributed by atoms with E-state index in [1.54, 1.807) is 41.1 Å². The van der Waals surface area contributed by atoms with Crippen LogP contribution >= 0.6 is 11.3 Å². The predicted molar refractivity (Wildman–Crippen MR) is 259 cm³/mol. The minimum atomic E-state index is -4.87. The molecule has 0 radical (unpaired) electrons. The van der Waals surface area contributed by atoms with E-state index in [1.807, 2.05) is 52.0 Å². The number of unbranched alkanes of at least 4 members (excludes halogenated alkanes) is 2. The van der Waals surface area contributed by atoms with Crippen LogP contribution in [0.15, 0.2) is 72.2 Å². The average Bonchev–Trinajstić information content (AvgIpc) is 3.99. The van der Waals surface area contributed by atoms with Crippen molar-refractivity contribution in [2.75, 3.05) is 49.4 Å². The Morgan fingerprint density at radius 1 is 0.930 bits per heavy atom. The highest BCUT2D eigenvalue weighted by atomic mass is 32.1. The van der Waals surface area contributed by atoms with Gasteiger partial charge in [-0.2, -0.15) is 18.4 Å². The number of likely N-dealkylation sites (tertiary alicyclic amines) is 1. The number of ether oxygens (including phenoxy) is 3. The highest BCUT2D eigenvalue weighted by Crippen LogP contribution is 2.40. The van der Waals surface area contributed by atoms with Crippen LogP contribution in [0, 0.1) is 23.7 Å². The van der Waals surface area contributed by atoms with Gasteiger partial charge < -0.3 is 34.9 Å². The largest absolute Gasteiger partial charge is 0.494 e. The lowest BCUT2D eigenvalue weighted by Gasteiger charge is -2.35. The first kappa shape index (κ1) is 53.9. The number of alkyl halides is 3. The summed E-state index contributed by atoms with van der Waals surface area (Å²) < 4.78 is 58.1. The fourth-order valence-corrected chi connectivity index (χ4v) is 9.15. The van der Waals surface area contributed by atoms with E-state index in [-0.39, 0.29) is 44.3 Å². The van der Waals surface area contributed by atoms with E-state index in [0.717, 1.165) is 53.1 Å². The lowest BCUT2D eigenvalue weighted by atomic mass is 9.85. The molecular weight excluding hydrogens is 944 g/mol. The number of hydrogen-bond donors (Lipinski definition) is 3. The lowest BCUT2D eigenvalue weighted by Crippen LogP contribution is -2.58. The number of aliphatic hydroxyl groups is 1. The molecule has 3 heterocycles. The Morgan fingerprint density at radius 2 is 1.59 bits per heavy atom. The third-order valence-corrected chi connectivity index (χ3v) is 13.2. The summed E-state index contributed by atoms with van der Waals surface area (Å²) in [5, 5.41) is 25.4. The Labute approximate surface area is 415 Å². The fraction of sp³-hybridized carbons (Fsp3) is 0.471. The SMILES string of the molecule is Cc1ncsc1-c1ccc(CNC(=O)C2CC(O)CN2C(=O)C(NC(=O)COCCCOCCCCCOc2ccc(N3C(=O)N(c4ccc(C#N)c(C(F)(F)F)c4)C(=O)C3(C)C)cc2)C(C)(C)C)cc1. The quantitative estimate of drug-likeness (QED) is 0.0550. The number of thiazole rings is 1. The zero-order valence-electron chi connectivity index (χ0n) is 40.6. The number of halogens is 3. The van der Waals surface area contributed by atoms with Crippen LogP contribution < -0.4 is 25.2 Å². The van der Waals surface area contributed by atoms with E-state index in [9.17, 15) is 42.3 Å². The zero-order valence-corrected chi connectivity index (χ0v) is 41.5. The maximum absolute atomic E-state index is 13.9. The molecule has 0 saturated carbocycles. The van der Waals surface area contributed by atoms with Crippen molar-refractivity contribution in [1.82, 2.24) is 20.5 Å². The normalized spacial score (nSPS) is 17.3. The zero-order chi connectivity index (χ0) is 51.7. The molecular formula is C51H60F3N7O9S. The molecule has 16 nitrogen and oxygen atoms in total. The molecule has 1 aromatic heterocycles. The predicted octanol–water partition coefficient (Wildman–Crippen LogP) is 7.54. The fourth-order valence-electron chi connectivity index (χ4n) is 8.34. The van der Waals surface area contributed by atoms with Crippen molar-refractivity contribution in [3.63, 3.8) is 0 Å². The topological polar surface area (TPSA) is 204 Å². The van der Waals surface area contributed by atoms with Crippen LogP contribution in [0.25, 0.3) is 10.4 Å². The molecule has 0 aliphatic carbocycles. The van der Waals surface area contributed by atoms with Crippen molar-refractivity contribution in [3.05, 3.63) is 94.6 Å². The molecule has 2 saturated heterocycles. The van der Waals surface area contributed by atoms with E-state index >= 15 is 0 Å². The van der Waals surface area contributed by atoms with Gasteiger partial charge >= 0.3 is 12.2 Å². The number of nitrogens with zero attached hydrogens (tertiary/aromatic N) is 5. The number of rotatable bonds is 21. The van der Waals surface area contributed by atoms with Gasteiger partial charge in [0.2, 0.25) is 17.7 Å². The summed E-state index contributed by atoms with van der Waals surface area (Å²) in [6.07, 6.45) is -2.84.